The van der Waals surface area contributed by atoms with Crippen LogP contribution in [-0.4, -0.2) is 49.6 Å². The number of nitrogens with one attached hydrogen (secondary N) is 1. The third-order valence-corrected chi connectivity index (χ3v) is 5.80. The molecule has 0 radical (unpaired) electrons. The zero-order valence-corrected chi connectivity index (χ0v) is 18.6. The van der Waals surface area contributed by atoms with Gasteiger partial charge >= 0.3 is 0 Å². The number of methoxy groups -OCH3 is 1. The van der Waals surface area contributed by atoms with Crippen LogP contribution in [0.2, 0.25) is 0 Å². The standard InChI is InChI=1S/C25H32N2O4/c1-18-6-4-8-23(19(18)2)26-24(28)17-27(16-22-7-5-15-31-22)25(29)14-11-20-9-12-21(30-3)13-10-20/h4,6,8-10,12-13,22H,5,7,11,14-17H2,1-3H3,(H,26,28). The van der Waals surface area contributed by atoms with E-state index in [-0.39, 0.29) is 24.5 Å². The second-order valence-electron chi connectivity index (χ2n) is 8.05. The molecule has 2 aromatic carbocycles. The molecule has 1 saturated heterocycles. The number of hydrogen-bond donors (Lipinski definition) is 1. The van der Waals surface area contributed by atoms with Gasteiger partial charge in [-0.3, -0.25) is 9.59 Å². The highest BCUT2D eigenvalue weighted by Crippen LogP contribution is 2.19. The van der Waals surface area contributed by atoms with E-state index in [0.29, 0.717) is 26.0 Å². The Bertz CT molecular complexity index is 889. The Morgan fingerprint density at radius 3 is 2.61 bits per heavy atom. The molecular formula is C25H32N2O4. The van der Waals surface area contributed by atoms with Gasteiger partial charge in [-0.2, -0.15) is 0 Å². The monoisotopic (exact) mass is 424 g/mol. The molecule has 166 valence electrons. The van der Waals surface area contributed by atoms with Crippen molar-refractivity contribution in [2.75, 3.05) is 32.1 Å². The first-order valence-corrected chi connectivity index (χ1v) is 10.8. The van der Waals surface area contributed by atoms with Gasteiger partial charge in [0, 0.05) is 25.3 Å². The second kappa shape index (κ2) is 11.0. The zero-order chi connectivity index (χ0) is 22.2. The second-order valence-corrected chi connectivity index (χ2v) is 8.05. The summed E-state index contributed by atoms with van der Waals surface area (Å²) in [6, 6.07) is 13.5. The lowest BCUT2D eigenvalue weighted by Gasteiger charge is -2.25. The lowest BCUT2D eigenvalue weighted by atomic mass is 10.1. The lowest BCUT2D eigenvalue weighted by molar-refractivity contribution is -0.136. The molecule has 0 spiro atoms. The Hall–Kier alpha value is -2.86. The maximum atomic E-state index is 13.0. The van der Waals surface area contributed by atoms with Gasteiger partial charge in [-0.15, -0.1) is 0 Å². The Labute approximate surface area is 184 Å². The van der Waals surface area contributed by atoms with Crippen LogP contribution < -0.4 is 10.1 Å². The number of amides is 2. The Morgan fingerprint density at radius 1 is 1.16 bits per heavy atom. The van der Waals surface area contributed by atoms with Crippen LogP contribution in [0.15, 0.2) is 42.5 Å². The summed E-state index contributed by atoms with van der Waals surface area (Å²) < 4.78 is 10.9. The molecule has 3 rings (SSSR count). The number of carbonyl (C=O) groups excluding carboxylic acids is 2. The average molecular weight is 425 g/mol. The van der Waals surface area contributed by atoms with Crippen LogP contribution in [0.1, 0.15) is 36.0 Å². The van der Waals surface area contributed by atoms with E-state index in [2.05, 4.69) is 5.32 Å². The topological polar surface area (TPSA) is 67.9 Å². The number of benzene rings is 2. The number of nitrogens with zero attached hydrogens (tertiary/aromatic N) is 1. The van der Waals surface area contributed by atoms with E-state index in [9.17, 15) is 9.59 Å². The molecule has 1 unspecified atom stereocenters. The van der Waals surface area contributed by atoms with Crippen LogP contribution in [-0.2, 0) is 20.7 Å². The number of anilines is 1. The largest absolute Gasteiger partial charge is 0.497 e. The van der Waals surface area contributed by atoms with Crippen molar-refractivity contribution >= 4 is 17.5 Å². The summed E-state index contributed by atoms with van der Waals surface area (Å²) in [6.45, 7) is 5.18. The average Bonchev–Trinajstić information content (AvgIpc) is 3.28. The van der Waals surface area contributed by atoms with Gasteiger partial charge in [0.05, 0.1) is 19.8 Å². The van der Waals surface area contributed by atoms with Crippen LogP contribution in [0.5, 0.6) is 5.75 Å². The van der Waals surface area contributed by atoms with Crippen molar-refractivity contribution in [3.05, 3.63) is 59.2 Å². The van der Waals surface area contributed by atoms with Crippen molar-refractivity contribution in [2.24, 2.45) is 0 Å². The number of rotatable bonds is 9. The zero-order valence-electron chi connectivity index (χ0n) is 18.6. The number of carbonyl (C=O) groups is 2. The van der Waals surface area contributed by atoms with Crippen LogP contribution in [0, 0.1) is 13.8 Å². The van der Waals surface area contributed by atoms with E-state index < -0.39 is 0 Å². The highest BCUT2D eigenvalue weighted by Gasteiger charge is 2.24. The predicted octanol–water partition coefficient (Wildman–Crippen LogP) is 3.89. The molecule has 2 amide bonds. The Morgan fingerprint density at radius 2 is 1.94 bits per heavy atom. The van der Waals surface area contributed by atoms with Crippen LogP contribution >= 0.6 is 0 Å². The first-order chi connectivity index (χ1) is 15.0. The van der Waals surface area contributed by atoms with Crippen LogP contribution in [0.4, 0.5) is 5.69 Å². The van der Waals surface area contributed by atoms with Gasteiger partial charge in [-0.25, -0.2) is 0 Å². The van der Waals surface area contributed by atoms with E-state index in [0.717, 1.165) is 41.0 Å². The fourth-order valence-corrected chi connectivity index (χ4v) is 3.74. The van der Waals surface area contributed by atoms with Gasteiger partial charge in [0.15, 0.2) is 0 Å². The summed E-state index contributed by atoms with van der Waals surface area (Å²) in [7, 11) is 1.63. The molecule has 0 bridgehead atoms. The Balaban J connectivity index is 1.62. The smallest absolute Gasteiger partial charge is 0.244 e. The molecule has 6 nitrogen and oxygen atoms in total. The summed E-state index contributed by atoms with van der Waals surface area (Å²) in [4.78, 5) is 27.4. The molecule has 6 heteroatoms. The van der Waals surface area contributed by atoms with Crippen molar-refractivity contribution in [1.29, 1.82) is 0 Å². The molecule has 0 aliphatic carbocycles. The maximum absolute atomic E-state index is 13.0. The minimum Gasteiger partial charge on any atom is -0.497 e. The summed E-state index contributed by atoms with van der Waals surface area (Å²) in [5.41, 5.74) is 4.00. The molecule has 1 N–H and O–H groups in total. The van der Waals surface area contributed by atoms with Crippen molar-refractivity contribution in [1.82, 2.24) is 4.90 Å². The predicted molar refractivity (Wildman–Crippen MR) is 121 cm³/mol. The number of ether oxygens (including phenoxy) is 2. The van der Waals surface area contributed by atoms with Gasteiger partial charge < -0.3 is 19.7 Å². The van der Waals surface area contributed by atoms with E-state index in [1.54, 1.807) is 12.0 Å². The number of hydrogen-bond acceptors (Lipinski definition) is 4. The summed E-state index contributed by atoms with van der Waals surface area (Å²) >= 11 is 0. The van der Waals surface area contributed by atoms with Crippen molar-refractivity contribution in [3.63, 3.8) is 0 Å². The Kier molecular flexibility index (Phi) is 8.06. The lowest BCUT2D eigenvalue weighted by Crippen LogP contribution is -2.42. The minimum atomic E-state index is -0.190. The van der Waals surface area contributed by atoms with Gasteiger partial charge in [0.25, 0.3) is 0 Å². The summed E-state index contributed by atoms with van der Waals surface area (Å²) in [5.74, 6) is 0.560. The minimum absolute atomic E-state index is 0.00144. The highest BCUT2D eigenvalue weighted by molar-refractivity contribution is 5.95. The van der Waals surface area contributed by atoms with Crippen molar-refractivity contribution in [2.45, 2.75) is 45.6 Å². The molecule has 1 heterocycles. The highest BCUT2D eigenvalue weighted by atomic mass is 16.5. The molecule has 2 aromatic rings. The van der Waals surface area contributed by atoms with E-state index in [4.69, 9.17) is 9.47 Å². The van der Waals surface area contributed by atoms with Crippen molar-refractivity contribution < 1.29 is 19.1 Å². The molecular weight excluding hydrogens is 392 g/mol. The van der Waals surface area contributed by atoms with Crippen molar-refractivity contribution in [3.8, 4) is 5.75 Å². The molecule has 1 aliphatic rings. The molecule has 1 aliphatic heterocycles. The van der Waals surface area contributed by atoms with Gasteiger partial charge in [-0.1, -0.05) is 24.3 Å². The van der Waals surface area contributed by atoms with Gasteiger partial charge in [0.1, 0.15) is 5.75 Å². The van der Waals surface area contributed by atoms with E-state index >= 15 is 0 Å². The third kappa shape index (κ3) is 6.56. The fraction of sp³-hybridized carbons (Fsp3) is 0.440. The SMILES string of the molecule is COc1ccc(CCC(=O)N(CC(=O)Nc2cccc(C)c2C)CC2CCCO2)cc1. The summed E-state index contributed by atoms with van der Waals surface area (Å²) in [5, 5.41) is 2.96. The molecule has 1 fully saturated rings. The van der Waals surface area contributed by atoms with Gasteiger partial charge in [0.2, 0.25) is 11.8 Å². The fourth-order valence-electron chi connectivity index (χ4n) is 3.74. The maximum Gasteiger partial charge on any atom is 0.244 e. The number of aryl methyl sites for hydroxylation is 2. The molecule has 0 aromatic heterocycles. The third-order valence-electron chi connectivity index (χ3n) is 5.80. The molecule has 1 atom stereocenters. The quantitative estimate of drug-likeness (QED) is 0.663. The molecule has 31 heavy (non-hydrogen) atoms. The normalized spacial score (nSPS) is 15.5. The molecule has 0 saturated carbocycles. The van der Waals surface area contributed by atoms with Gasteiger partial charge in [-0.05, 0) is 68.0 Å². The van der Waals surface area contributed by atoms with E-state index in [1.165, 1.54) is 0 Å². The van der Waals surface area contributed by atoms with Crippen LogP contribution in [0.3, 0.4) is 0 Å². The first-order valence-electron chi connectivity index (χ1n) is 10.8. The summed E-state index contributed by atoms with van der Waals surface area (Å²) in [6.07, 6.45) is 2.87. The first kappa shape index (κ1) is 22.8. The van der Waals surface area contributed by atoms with E-state index in [1.807, 2.05) is 56.3 Å². The van der Waals surface area contributed by atoms with Crippen LogP contribution in [0.25, 0.3) is 0 Å².